The number of pyridine rings is 1. The van der Waals surface area contributed by atoms with E-state index in [2.05, 4.69) is 4.98 Å². The molecule has 0 aliphatic heterocycles. The van der Waals surface area contributed by atoms with Gasteiger partial charge in [0.1, 0.15) is 0 Å². The number of hydrogen-bond donors (Lipinski definition) is 2. The lowest BCUT2D eigenvalue weighted by molar-refractivity contribution is 0.0676. The Labute approximate surface area is 102 Å². The van der Waals surface area contributed by atoms with Crippen LogP contribution in [0.5, 0.6) is 0 Å². The quantitative estimate of drug-likeness (QED) is 0.862. The van der Waals surface area contributed by atoms with E-state index in [1.165, 1.54) is 6.07 Å². The van der Waals surface area contributed by atoms with Crippen LogP contribution in [-0.2, 0) is 0 Å². The number of carbonyl (C=O) groups is 2. The predicted octanol–water partition coefficient (Wildman–Crippen LogP) is 2.15. The lowest BCUT2D eigenvalue weighted by Crippen LogP contribution is -2.06. The predicted molar refractivity (Wildman–Crippen MR) is 63.6 cm³/mol. The van der Waals surface area contributed by atoms with E-state index in [1.54, 1.807) is 30.3 Å². The highest BCUT2D eigenvalue weighted by molar-refractivity contribution is 5.96. The van der Waals surface area contributed by atoms with Crippen molar-refractivity contribution in [3.63, 3.8) is 0 Å². The maximum absolute atomic E-state index is 11.1. The molecule has 0 aliphatic carbocycles. The fourth-order valence-corrected chi connectivity index (χ4v) is 1.59. The molecule has 0 spiro atoms. The van der Waals surface area contributed by atoms with E-state index in [1.807, 2.05) is 0 Å². The Kier molecular flexibility index (Phi) is 3.05. The van der Waals surface area contributed by atoms with Crippen molar-refractivity contribution in [2.75, 3.05) is 0 Å². The van der Waals surface area contributed by atoms with E-state index in [0.29, 0.717) is 11.1 Å². The van der Waals surface area contributed by atoms with Crippen LogP contribution in [0.3, 0.4) is 0 Å². The second kappa shape index (κ2) is 4.67. The van der Waals surface area contributed by atoms with Crippen molar-refractivity contribution in [3.8, 4) is 11.1 Å². The first kappa shape index (κ1) is 11.8. The summed E-state index contributed by atoms with van der Waals surface area (Å²) in [6.07, 6.45) is 1.04. The zero-order chi connectivity index (χ0) is 13.1. The van der Waals surface area contributed by atoms with Crippen LogP contribution >= 0.6 is 0 Å². The van der Waals surface area contributed by atoms with Gasteiger partial charge in [-0.2, -0.15) is 0 Å². The number of benzene rings is 1. The molecule has 2 N–H and O–H groups in total. The van der Waals surface area contributed by atoms with Gasteiger partial charge in [-0.3, -0.25) is 0 Å². The highest BCUT2D eigenvalue weighted by Crippen LogP contribution is 2.23. The van der Waals surface area contributed by atoms with Gasteiger partial charge < -0.3 is 10.2 Å². The lowest BCUT2D eigenvalue weighted by atomic mass is 10.0. The molecule has 0 atom stereocenters. The van der Waals surface area contributed by atoms with Crippen LogP contribution < -0.4 is 0 Å². The Balaban J connectivity index is 2.65. The average Bonchev–Trinajstić information content (AvgIpc) is 2.39. The molecule has 0 saturated heterocycles. The van der Waals surface area contributed by atoms with E-state index < -0.39 is 11.9 Å². The van der Waals surface area contributed by atoms with Gasteiger partial charge in [0.2, 0.25) is 0 Å². The van der Waals surface area contributed by atoms with Gasteiger partial charge in [0.15, 0.2) is 5.69 Å². The molecule has 0 aliphatic rings. The van der Waals surface area contributed by atoms with Crippen LogP contribution in [0.2, 0.25) is 0 Å². The van der Waals surface area contributed by atoms with E-state index in [0.717, 1.165) is 6.20 Å². The number of carboxylic acid groups (broad SMARTS) is 2. The van der Waals surface area contributed by atoms with Crippen molar-refractivity contribution < 1.29 is 19.8 Å². The molecule has 5 heteroatoms. The minimum atomic E-state index is -1.19. The number of nitrogens with zero attached hydrogens (tertiary/aromatic N) is 1. The van der Waals surface area contributed by atoms with E-state index in [4.69, 9.17) is 10.2 Å². The molecule has 0 saturated carbocycles. The lowest BCUT2D eigenvalue weighted by Gasteiger charge is -2.06. The molecule has 0 unspecified atom stereocenters. The summed E-state index contributed by atoms with van der Waals surface area (Å²) in [4.78, 5) is 25.6. The molecular formula is C13H9NO4. The Morgan fingerprint density at radius 2 is 1.67 bits per heavy atom. The van der Waals surface area contributed by atoms with E-state index >= 15 is 0 Å². The van der Waals surface area contributed by atoms with Gasteiger partial charge in [-0.1, -0.05) is 30.3 Å². The third kappa shape index (κ3) is 2.20. The number of aromatic nitrogens is 1. The highest BCUT2D eigenvalue weighted by Gasteiger charge is 2.16. The molecule has 1 aromatic carbocycles. The van der Waals surface area contributed by atoms with Crippen molar-refractivity contribution in [2.45, 2.75) is 0 Å². The van der Waals surface area contributed by atoms with Crippen molar-refractivity contribution in [2.24, 2.45) is 0 Å². The third-order valence-corrected chi connectivity index (χ3v) is 2.42. The summed E-state index contributed by atoms with van der Waals surface area (Å²) in [6.45, 7) is 0. The van der Waals surface area contributed by atoms with E-state index in [-0.39, 0.29) is 11.3 Å². The Bertz CT molecular complexity index is 608. The van der Waals surface area contributed by atoms with Crippen molar-refractivity contribution in [1.29, 1.82) is 0 Å². The molecular weight excluding hydrogens is 234 g/mol. The largest absolute Gasteiger partial charge is 0.478 e. The molecule has 0 radical (unpaired) electrons. The first-order valence-corrected chi connectivity index (χ1v) is 5.11. The van der Waals surface area contributed by atoms with Crippen LogP contribution in [0.25, 0.3) is 11.1 Å². The Morgan fingerprint density at radius 1 is 1.00 bits per heavy atom. The number of carboxylic acids is 2. The molecule has 5 nitrogen and oxygen atoms in total. The van der Waals surface area contributed by atoms with Gasteiger partial charge in [0.05, 0.1) is 5.56 Å². The van der Waals surface area contributed by atoms with E-state index in [9.17, 15) is 9.59 Å². The smallest absolute Gasteiger partial charge is 0.355 e. The monoisotopic (exact) mass is 243 g/mol. The summed E-state index contributed by atoms with van der Waals surface area (Å²) in [7, 11) is 0. The highest BCUT2D eigenvalue weighted by atomic mass is 16.4. The zero-order valence-electron chi connectivity index (χ0n) is 9.20. The molecule has 0 fully saturated rings. The molecule has 18 heavy (non-hydrogen) atoms. The van der Waals surface area contributed by atoms with Crippen LogP contribution in [-0.4, -0.2) is 27.1 Å². The summed E-state index contributed by atoms with van der Waals surface area (Å²) >= 11 is 0. The minimum Gasteiger partial charge on any atom is -0.478 e. The maximum Gasteiger partial charge on any atom is 0.355 e. The van der Waals surface area contributed by atoms with Crippen LogP contribution in [0, 0.1) is 0 Å². The molecule has 0 amide bonds. The number of aromatic carboxylic acids is 2. The second-order valence-electron chi connectivity index (χ2n) is 3.60. The second-order valence-corrected chi connectivity index (χ2v) is 3.60. The van der Waals surface area contributed by atoms with Gasteiger partial charge in [-0.25, -0.2) is 14.6 Å². The topological polar surface area (TPSA) is 87.5 Å². The fraction of sp³-hybridized carbons (Fsp3) is 0. The normalized spacial score (nSPS) is 10.0. The Hall–Kier alpha value is -2.69. The SMILES string of the molecule is O=C(O)c1cnc(C(=O)O)c(-c2ccccc2)c1. The molecule has 1 aromatic heterocycles. The summed E-state index contributed by atoms with van der Waals surface area (Å²) in [5.41, 5.74) is 0.707. The first-order chi connectivity index (χ1) is 8.59. The Morgan fingerprint density at radius 3 is 2.22 bits per heavy atom. The van der Waals surface area contributed by atoms with Crippen LogP contribution in [0.4, 0.5) is 0 Å². The molecule has 2 aromatic rings. The van der Waals surface area contributed by atoms with Gasteiger partial charge >= 0.3 is 11.9 Å². The summed E-state index contributed by atoms with van der Waals surface area (Å²) in [5, 5.41) is 17.9. The molecule has 1 heterocycles. The summed E-state index contributed by atoms with van der Waals surface area (Å²) < 4.78 is 0. The van der Waals surface area contributed by atoms with Gasteiger partial charge in [0, 0.05) is 11.8 Å². The summed E-state index contributed by atoms with van der Waals surface area (Å²) in [6, 6.07) is 10.00. The van der Waals surface area contributed by atoms with Crippen LogP contribution in [0.15, 0.2) is 42.6 Å². The number of hydrogen-bond acceptors (Lipinski definition) is 3. The van der Waals surface area contributed by atoms with Crippen molar-refractivity contribution >= 4 is 11.9 Å². The minimum absolute atomic E-state index is 0.0427. The zero-order valence-corrected chi connectivity index (χ0v) is 9.20. The van der Waals surface area contributed by atoms with Gasteiger partial charge in [0.25, 0.3) is 0 Å². The summed E-state index contributed by atoms with van der Waals surface area (Å²) in [5.74, 6) is -2.33. The molecule has 0 bridgehead atoms. The molecule has 90 valence electrons. The van der Waals surface area contributed by atoms with Gasteiger partial charge in [-0.05, 0) is 11.6 Å². The van der Waals surface area contributed by atoms with Crippen molar-refractivity contribution in [3.05, 3.63) is 53.9 Å². The standard InChI is InChI=1S/C13H9NO4/c15-12(16)9-6-10(8-4-2-1-3-5-8)11(13(17)18)14-7-9/h1-7H,(H,15,16)(H,17,18). The maximum atomic E-state index is 11.1. The van der Waals surface area contributed by atoms with Gasteiger partial charge in [-0.15, -0.1) is 0 Å². The first-order valence-electron chi connectivity index (χ1n) is 5.11. The van der Waals surface area contributed by atoms with Crippen molar-refractivity contribution in [1.82, 2.24) is 4.98 Å². The van der Waals surface area contributed by atoms with Crippen LogP contribution in [0.1, 0.15) is 20.8 Å². The third-order valence-electron chi connectivity index (χ3n) is 2.42. The average molecular weight is 243 g/mol. The number of rotatable bonds is 3. The molecule has 2 rings (SSSR count). The fourth-order valence-electron chi connectivity index (χ4n) is 1.59.